The number of aliphatic hydroxyl groups excluding tert-OH is 8. The van der Waals surface area contributed by atoms with E-state index in [0.29, 0.717) is 5.56 Å². The Balaban J connectivity index is 1.37. The van der Waals surface area contributed by atoms with E-state index in [-0.39, 0.29) is 42.1 Å². The Kier molecular flexibility index (Phi) is 13.3. The minimum Gasteiger partial charge on any atom is -0.504 e. The number of benzene rings is 1. The highest BCUT2D eigenvalue weighted by atomic mass is 16.8. The summed E-state index contributed by atoms with van der Waals surface area (Å²) in [5.74, 6) is -3.02. The number of rotatable bonds is 12. The number of carbonyl (C=O) groups excluding carboxylic acids is 2. The van der Waals surface area contributed by atoms with Gasteiger partial charge in [0.15, 0.2) is 17.8 Å². The van der Waals surface area contributed by atoms with Gasteiger partial charge in [0.2, 0.25) is 12.6 Å². The number of phenolic OH excluding ortho intramolecular Hbond substituents is 1. The Bertz CT molecular complexity index is 1350. The first-order valence-electron chi connectivity index (χ1n) is 15.4. The number of hydrogen-bond donors (Lipinski definition) is 9. The van der Waals surface area contributed by atoms with Crippen LogP contribution >= 0.6 is 0 Å². The van der Waals surface area contributed by atoms with E-state index in [4.69, 9.17) is 33.2 Å². The molecule has 2 saturated heterocycles. The van der Waals surface area contributed by atoms with Gasteiger partial charge in [-0.2, -0.15) is 0 Å². The molecule has 0 amide bonds. The van der Waals surface area contributed by atoms with Gasteiger partial charge in [0, 0.05) is 17.9 Å². The predicted octanol–water partition coefficient (Wildman–Crippen LogP) is -3.16. The molecule has 49 heavy (non-hydrogen) atoms. The zero-order valence-corrected chi connectivity index (χ0v) is 26.5. The van der Waals surface area contributed by atoms with Crippen LogP contribution in [0.2, 0.25) is 0 Å². The largest absolute Gasteiger partial charge is 0.504 e. The lowest BCUT2D eigenvalue weighted by Crippen LogP contribution is -2.60. The highest BCUT2D eigenvalue weighted by Gasteiger charge is 2.47. The minimum absolute atomic E-state index is 0.0406. The van der Waals surface area contributed by atoms with Crippen molar-refractivity contribution in [2.45, 2.75) is 87.5 Å². The molecule has 18 heteroatoms. The van der Waals surface area contributed by atoms with Crippen molar-refractivity contribution in [1.82, 2.24) is 0 Å². The third-order valence-electron chi connectivity index (χ3n) is 8.37. The Morgan fingerprint density at radius 2 is 1.49 bits per heavy atom. The molecule has 0 unspecified atom stereocenters. The van der Waals surface area contributed by atoms with Gasteiger partial charge in [0.25, 0.3) is 0 Å². The van der Waals surface area contributed by atoms with E-state index in [0.717, 1.165) is 13.4 Å². The summed E-state index contributed by atoms with van der Waals surface area (Å²) >= 11 is 0. The predicted molar refractivity (Wildman–Crippen MR) is 159 cm³/mol. The van der Waals surface area contributed by atoms with Crippen LogP contribution in [-0.4, -0.2) is 153 Å². The molecule has 2 fully saturated rings. The summed E-state index contributed by atoms with van der Waals surface area (Å²) in [5.41, 5.74) is 0.715. The maximum atomic E-state index is 13.0. The highest BCUT2D eigenvalue weighted by Crippen LogP contribution is 2.36. The van der Waals surface area contributed by atoms with Crippen molar-refractivity contribution in [2.24, 2.45) is 5.92 Å². The maximum absolute atomic E-state index is 13.0. The SMILES string of the molecule is C/C=C1/[C@H](O[C@@H]2O[C@H](CO)[C@@H](O)[C@H](O)[C@H]2O)OC=C(C(=O)OC)[C@H]1CC(=O)OCCc1ccc(O[C@@H]2O[C@H](CO)[C@@H](O)[C@H](O)[C@H]2O)c(O)c1. The van der Waals surface area contributed by atoms with Gasteiger partial charge in [-0.25, -0.2) is 4.79 Å². The van der Waals surface area contributed by atoms with Crippen LogP contribution in [0.15, 0.2) is 41.7 Å². The number of allylic oxidation sites excluding steroid dienone is 1. The van der Waals surface area contributed by atoms with Gasteiger partial charge in [-0.1, -0.05) is 12.1 Å². The molecule has 0 radical (unpaired) electrons. The van der Waals surface area contributed by atoms with Crippen LogP contribution < -0.4 is 4.74 Å². The second kappa shape index (κ2) is 17.0. The molecular formula is C31H42O18. The molecule has 0 aliphatic carbocycles. The molecule has 0 spiro atoms. The molecule has 9 N–H and O–H groups in total. The molecule has 3 heterocycles. The summed E-state index contributed by atoms with van der Waals surface area (Å²) in [5, 5.41) is 90.0. The van der Waals surface area contributed by atoms with Gasteiger partial charge >= 0.3 is 11.9 Å². The maximum Gasteiger partial charge on any atom is 0.337 e. The summed E-state index contributed by atoms with van der Waals surface area (Å²) in [6.07, 6.45) is -14.6. The molecule has 4 rings (SSSR count). The Morgan fingerprint density at radius 3 is 2.06 bits per heavy atom. The molecule has 0 aromatic heterocycles. The zero-order chi connectivity index (χ0) is 36.0. The number of methoxy groups -OCH3 is 1. The summed E-state index contributed by atoms with van der Waals surface area (Å²) in [6.45, 7) is 0.0864. The van der Waals surface area contributed by atoms with Crippen molar-refractivity contribution in [1.29, 1.82) is 0 Å². The molecular weight excluding hydrogens is 660 g/mol. The first-order valence-corrected chi connectivity index (χ1v) is 15.4. The van der Waals surface area contributed by atoms with Crippen molar-refractivity contribution in [3.05, 3.63) is 47.2 Å². The fourth-order valence-corrected chi connectivity index (χ4v) is 5.54. The quantitative estimate of drug-likeness (QED) is 0.0767. The number of aromatic hydroxyl groups is 1. The number of carbonyl (C=O) groups is 2. The standard InChI is InChI=1S/C31H42O18/c1-3-14-15(16(28(42)43-2)12-45-29(14)49-31-27(41)25(39)23(37)20(11-33)48-31)9-21(35)44-7-6-13-4-5-18(17(34)8-13)46-30-26(40)24(38)22(36)19(10-32)47-30/h3-5,8,12,15,19-20,22-27,29-34,36-41H,6-7,9-11H2,1-2H3/b14-3+/t15-,19+,20+,22+,23+,24-,25-,26+,27+,29-,30+,31-/m0/s1. The first-order chi connectivity index (χ1) is 23.3. The van der Waals surface area contributed by atoms with Crippen LogP contribution in [0.1, 0.15) is 18.9 Å². The molecule has 12 atom stereocenters. The van der Waals surface area contributed by atoms with Gasteiger partial charge in [0.05, 0.1) is 45.2 Å². The van der Waals surface area contributed by atoms with Crippen LogP contribution in [-0.2, 0) is 44.4 Å². The highest BCUT2D eigenvalue weighted by molar-refractivity contribution is 5.90. The van der Waals surface area contributed by atoms with E-state index >= 15 is 0 Å². The lowest BCUT2D eigenvalue weighted by atomic mass is 9.86. The van der Waals surface area contributed by atoms with Gasteiger partial charge in [0.1, 0.15) is 48.8 Å². The molecule has 274 valence electrons. The third-order valence-corrected chi connectivity index (χ3v) is 8.37. The Labute approximate surface area is 279 Å². The molecule has 1 aromatic rings. The summed E-state index contributed by atoms with van der Waals surface area (Å²) < 4.78 is 37.6. The summed E-state index contributed by atoms with van der Waals surface area (Å²) in [4.78, 5) is 25.5. The fourth-order valence-electron chi connectivity index (χ4n) is 5.54. The van der Waals surface area contributed by atoms with Crippen LogP contribution in [0.25, 0.3) is 0 Å². The Hall–Kier alpha value is -3.40. The number of phenols is 1. The van der Waals surface area contributed by atoms with Gasteiger partial charge in [-0.15, -0.1) is 0 Å². The lowest BCUT2D eigenvalue weighted by molar-refractivity contribution is -0.327. The lowest BCUT2D eigenvalue weighted by Gasteiger charge is -2.41. The van der Waals surface area contributed by atoms with E-state index < -0.39 is 98.8 Å². The van der Waals surface area contributed by atoms with Gasteiger partial charge in [-0.3, -0.25) is 4.79 Å². The topological polar surface area (TPSA) is 281 Å². The van der Waals surface area contributed by atoms with Crippen molar-refractivity contribution in [3.8, 4) is 11.5 Å². The van der Waals surface area contributed by atoms with E-state index in [1.165, 1.54) is 24.3 Å². The molecule has 0 saturated carbocycles. The molecule has 1 aromatic carbocycles. The average Bonchev–Trinajstić information content (AvgIpc) is 3.09. The van der Waals surface area contributed by atoms with Crippen molar-refractivity contribution in [3.63, 3.8) is 0 Å². The number of aliphatic hydroxyl groups is 8. The fraction of sp³-hybridized carbons (Fsp3) is 0.613. The molecule has 3 aliphatic heterocycles. The Morgan fingerprint density at radius 1 is 0.878 bits per heavy atom. The van der Waals surface area contributed by atoms with Crippen LogP contribution in [0.3, 0.4) is 0 Å². The second-order valence-electron chi connectivity index (χ2n) is 11.5. The summed E-state index contributed by atoms with van der Waals surface area (Å²) in [6, 6.07) is 4.18. The molecule has 3 aliphatic rings. The van der Waals surface area contributed by atoms with E-state index in [1.54, 1.807) is 6.92 Å². The zero-order valence-electron chi connectivity index (χ0n) is 26.5. The first kappa shape index (κ1) is 38.4. The van der Waals surface area contributed by atoms with Crippen molar-refractivity contribution >= 4 is 11.9 Å². The molecule has 18 nitrogen and oxygen atoms in total. The van der Waals surface area contributed by atoms with Crippen molar-refractivity contribution < 1.29 is 88.7 Å². The average molecular weight is 703 g/mol. The van der Waals surface area contributed by atoms with Gasteiger partial charge in [-0.05, 0) is 24.6 Å². The van der Waals surface area contributed by atoms with E-state index in [1.807, 2.05) is 0 Å². The number of esters is 2. The van der Waals surface area contributed by atoms with E-state index in [9.17, 15) is 55.5 Å². The summed E-state index contributed by atoms with van der Waals surface area (Å²) in [7, 11) is 1.14. The normalized spacial score (nSPS) is 35.6. The number of hydrogen-bond acceptors (Lipinski definition) is 18. The van der Waals surface area contributed by atoms with Crippen LogP contribution in [0.4, 0.5) is 0 Å². The second-order valence-corrected chi connectivity index (χ2v) is 11.5. The third kappa shape index (κ3) is 8.67. The van der Waals surface area contributed by atoms with E-state index in [2.05, 4.69) is 0 Å². The van der Waals surface area contributed by atoms with Crippen LogP contribution in [0, 0.1) is 5.92 Å². The smallest absolute Gasteiger partial charge is 0.337 e. The van der Waals surface area contributed by atoms with Crippen LogP contribution in [0.5, 0.6) is 11.5 Å². The minimum atomic E-state index is -1.73. The monoisotopic (exact) mass is 702 g/mol. The molecule has 0 bridgehead atoms. The van der Waals surface area contributed by atoms with Gasteiger partial charge < -0.3 is 79.1 Å². The van der Waals surface area contributed by atoms with Crippen molar-refractivity contribution in [2.75, 3.05) is 26.9 Å². The number of ether oxygens (including phenoxy) is 7.